The Morgan fingerprint density at radius 2 is 1.71 bits per heavy atom. The Morgan fingerprint density at radius 1 is 1.12 bits per heavy atom. The molecule has 0 aromatic heterocycles. The van der Waals surface area contributed by atoms with Gasteiger partial charge in [0.15, 0.2) is 9.84 Å². The van der Waals surface area contributed by atoms with Gasteiger partial charge < -0.3 is 9.47 Å². The summed E-state index contributed by atoms with van der Waals surface area (Å²) in [4.78, 5) is 9.90. The van der Waals surface area contributed by atoms with Gasteiger partial charge in [-0.05, 0) is 12.1 Å². The molecule has 8 nitrogen and oxygen atoms in total. The number of carbonyl (C=O) groups excluding carboxylic acids is 1. The molecule has 1 aliphatic rings. The fourth-order valence-corrected chi connectivity index (χ4v) is 5.63. The van der Waals surface area contributed by atoms with Crippen LogP contribution in [0, 0.1) is 0 Å². The average Bonchev–Trinajstić information content (AvgIpc) is 2.55. The van der Waals surface area contributed by atoms with Crippen LogP contribution in [-0.4, -0.2) is 65.2 Å². The minimum absolute atomic E-state index is 0.153. The molecule has 0 atom stereocenters. The van der Waals surface area contributed by atoms with E-state index in [0.717, 1.165) is 0 Å². The van der Waals surface area contributed by atoms with Crippen molar-refractivity contribution in [3.8, 4) is 0 Å². The van der Waals surface area contributed by atoms with Crippen LogP contribution in [0.2, 0.25) is 0 Å². The van der Waals surface area contributed by atoms with Crippen molar-refractivity contribution in [2.24, 2.45) is 0 Å². The first-order chi connectivity index (χ1) is 11.2. The zero-order valence-electron chi connectivity index (χ0n) is 12.6. The van der Waals surface area contributed by atoms with Crippen molar-refractivity contribution in [3.63, 3.8) is 0 Å². The molecule has 0 amide bonds. The molecule has 0 aliphatic carbocycles. The molecule has 134 valence electrons. The molecule has 0 spiro atoms. The van der Waals surface area contributed by atoms with Gasteiger partial charge in [-0.3, -0.25) is 0 Å². The van der Waals surface area contributed by atoms with Gasteiger partial charge in [0, 0.05) is 24.7 Å². The molecule has 1 saturated heterocycles. The molecule has 1 aromatic carbocycles. The highest BCUT2D eigenvalue weighted by Crippen LogP contribution is 2.25. The summed E-state index contributed by atoms with van der Waals surface area (Å²) in [6, 6.07) is 5.33. The quantitative estimate of drug-likeness (QED) is 0.655. The second-order valence-electron chi connectivity index (χ2n) is 4.87. The lowest BCUT2D eigenvalue weighted by atomic mass is 10.4. The first-order valence-electron chi connectivity index (χ1n) is 6.97. The number of carbonyl (C=O) groups is 1. The number of hydrogen-bond acceptors (Lipinski definition) is 7. The van der Waals surface area contributed by atoms with Crippen LogP contribution in [-0.2, 0) is 29.3 Å². The van der Waals surface area contributed by atoms with Crippen molar-refractivity contribution in [2.45, 2.75) is 9.79 Å². The number of rotatable bonds is 6. The van der Waals surface area contributed by atoms with Crippen molar-refractivity contribution >= 4 is 36.9 Å². The Labute approximate surface area is 145 Å². The predicted octanol–water partition coefficient (Wildman–Crippen LogP) is 0.857. The van der Waals surface area contributed by atoms with Crippen LogP contribution in [0.3, 0.4) is 0 Å². The van der Waals surface area contributed by atoms with Gasteiger partial charge in [-0.2, -0.15) is 4.31 Å². The highest BCUT2D eigenvalue weighted by atomic mass is 35.5. The Balaban J connectivity index is 2.34. The lowest BCUT2D eigenvalue weighted by Crippen LogP contribution is -2.41. The number of benzene rings is 1. The summed E-state index contributed by atoms with van der Waals surface area (Å²) in [5.41, 5.74) is -1.13. The van der Waals surface area contributed by atoms with E-state index in [0.29, 0.717) is 0 Å². The maximum absolute atomic E-state index is 12.7. The summed E-state index contributed by atoms with van der Waals surface area (Å²) in [5, 5.41) is 0. The Hall–Kier alpha value is -1.20. The van der Waals surface area contributed by atoms with Crippen LogP contribution >= 0.6 is 11.6 Å². The molecular formula is C13H16ClNO7S2. The summed E-state index contributed by atoms with van der Waals surface area (Å²) < 4.78 is 61.0. The largest absolute Gasteiger partial charge is 0.453 e. The van der Waals surface area contributed by atoms with Gasteiger partial charge in [0.05, 0.1) is 23.9 Å². The van der Waals surface area contributed by atoms with Crippen LogP contribution < -0.4 is 0 Å². The van der Waals surface area contributed by atoms with Crippen molar-refractivity contribution in [2.75, 3.05) is 38.7 Å². The SMILES string of the molecule is O=C(Cl)OCCS(=O)(=O)c1ccccc1S(=O)(=O)N1CCOCC1. The normalized spacial score (nSPS) is 16.7. The second kappa shape index (κ2) is 7.79. The van der Waals surface area contributed by atoms with Crippen molar-refractivity contribution < 1.29 is 31.1 Å². The van der Waals surface area contributed by atoms with E-state index in [1.54, 1.807) is 0 Å². The van der Waals surface area contributed by atoms with E-state index in [9.17, 15) is 21.6 Å². The molecule has 0 bridgehead atoms. The highest BCUT2D eigenvalue weighted by Gasteiger charge is 2.32. The molecule has 24 heavy (non-hydrogen) atoms. The van der Waals surface area contributed by atoms with Gasteiger partial charge in [0.25, 0.3) is 0 Å². The van der Waals surface area contributed by atoms with Gasteiger partial charge in [-0.15, -0.1) is 0 Å². The van der Waals surface area contributed by atoms with E-state index in [4.69, 9.17) is 16.3 Å². The first kappa shape index (κ1) is 19.1. The molecule has 1 aliphatic heterocycles. The van der Waals surface area contributed by atoms with Crippen LogP contribution in [0.25, 0.3) is 0 Å². The molecule has 1 heterocycles. The zero-order chi connectivity index (χ0) is 17.8. The molecule has 0 unspecified atom stereocenters. The number of morpholine rings is 1. The lowest BCUT2D eigenvalue weighted by Gasteiger charge is -2.26. The number of halogens is 1. The third-order valence-electron chi connectivity index (χ3n) is 3.34. The summed E-state index contributed by atoms with van der Waals surface area (Å²) in [7, 11) is -7.96. The maximum Gasteiger partial charge on any atom is 0.403 e. The lowest BCUT2D eigenvalue weighted by molar-refractivity contribution is 0.0729. The van der Waals surface area contributed by atoms with E-state index in [1.165, 1.54) is 28.6 Å². The smallest absolute Gasteiger partial charge is 0.403 e. The van der Waals surface area contributed by atoms with E-state index >= 15 is 0 Å². The molecule has 11 heteroatoms. The van der Waals surface area contributed by atoms with Gasteiger partial charge in [-0.25, -0.2) is 21.6 Å². The van der Waals surface area contributed by atoms with Crippen LogP contribution in [0.5, 0.6) is 0 Å². The van der Waals surface area contributed by atoms with Crippen molar-refractivity contribution in [1.29, 1.82) is 0 Å². The minimum Gasteiger partial charge on any atom is -0.453 e. The molecule has 1 fully saturated rings. The van der Waals surface area contributed by atoms with Crippen LogP contribution in [0.15, 0.2) is 34.1 Å². The Kier molecular flexibility index (Phi) is 6.21. The molecule has 0 saturated carbocycles. The highest BCUT2D eigenvalue weighted by molar-refractivity contribution is 7.93. The van der Waals surface area contributed by atoms with Gasteiger partial charge in [-0.1, -0.05) is 12.1 Å². The van der Waals surface area contributed by atoms with E-state index < -0.39 is 37.6 Å². The fourth-order valence-electron chi connectivity index (χ4n) is 2.19. The summed E-state index contributed by atoms with van der Waals surface area (Å²) in [5.74, 6) is -0.568. The monoisotopic (exact) mass is 397 g/mol. The topological polar surface area (TPSA) is 107 Å². The third-order valence-corrected chi connectivity index (χ3v) is 7.27. The summed E-state index contributed by atoms with van der Waals surface area (Å²) in [6.45, 7) is 0.345. The van der Waals surface area contributed by atoms with Gasteiger partial charge in [0.2, 0.25) is 10.0 Å². The standard InChI is InChI=1S/C13H16ClNO7S2/c14-13(16)22-9-10-23(17,18)11-3-1-2-4-12(11)24(19,20)15-5-7-21-8-6-15/h1-4H,5-10H2. The second-order valence-corrected chi connectivity index (χ2v) is 9.16. The number of sulfone groups is 1. The molecule has 0 radical (unpaired) electrons. The number of ether oxygens (including phenoxy) is 2. The zero-order valence-corrected chi connectivity index (χ0v) is 14.9. The summed E-state index contributed by atoms with van der Waals surface area (Å²) >= 11 is 4.99. The predicted molar refractivity (Wildman–Crippen MR) is 85.3 cm³/mol. The minimum atomic E-state index is -3.98. The molecular weight excluding hydrogens is 382 g/mol. The van der Waals surface area contributed by atoms with Gasteiger partial charge in [0.1, 0.15) is 11.5 Å². The molecule has 2 rings (SSSR count). The van der Waals surface area contributed by atoms with Crippen LogP contribution in [0.1, 0.15) is 0 Å². The molecule has 0 N–H and O–H groups in total. The maximum atomic E-state index is 12.7. The molecule has 1 aromatic rings. The summed E-state index contributed by atoms with van der Waals surface area (Å²) in [6.07, 6.45) is 0. The van der Waals surface area contributed by atoms with E-state index in [1.807, 2.05) is 0 Å². The van der Waals surface area contributed by atoms with Crippen molar-refractivity contribution in [1.82, 2.24) is 4.31 Å². The van der Waals surface area contributed by atoms with Crippen molar-refractivity contribution in [3.05, 3.63) is 24.3 Å². The number of hydrogen-bond donors (Lipinski definition) is 0. The Bertz CT molecular complexity index is 801. The fraction of sp³-hybridized carbons (Fsp3) is 0.462. The third kappa shape index (κ3) is 4.45. The van der Waals surface area contributed by atoms with Crippen LogP contribution in [0.4, 0.5) is 4.79 Å². The van der Waals surface area contributed by atoms with E-state index in [-0.39, 0.29) is 36.1 Å². The Morgan fingerprint density at radius 3 is 2.29 bits per heavy atom. The number of nitrogens with zero attached hydrogens (tertiary/aromatic N) is 1. The van der Waals surface area contributed by atoms with E-state index in [2.05, 4.69) is 4.74 Å². The van der Waals surface area contributed by atoms with Gasteiger partial charge >= 0.3 is 5.43 Å². The number of sulfonamides is 1. The average molecular weight is 398 g/mol. The first-order valence-corrected chi connectivity index (χ1v) is 10.4.